The highest BCUT2D eigenvalue weighted by atomic mass is 16.7. The topological polar surface area (TPSA) is 83.4 Å². The summed E-state index contributed by atoms with van der Waals surface area (Å²) in [4.78, 5) is 4.23. The summed E-state index contributed by atoms with van der Waals surface area (Å²) in [5.41, 5.74) is 6.33. The maximum Gasteiger partial charge on any atom is 0.251 e. The van der Waals surface area contributed by atoms with Crippen molar-refractivity contribution in [1.29, 1.82) is 0 Å². The quantitative estimate of drug-likeness (QED) is 0.914. The molecule has 0 saturated heterocycles. The lowest BCUT2D eigenvalue weighted by Gasteiger charge is -2.31. The van der Waals surface area contributed by atoms with Crippen LogP contribution in [0, 0.1) is 0 Å². The molecular formula is C15H17N3O3. The number of hydrogen-bond acceptors (Lipinski definition) is 6. The second kappa shape index (κ2) is 4.73. The van der Waals surface area contributed by atoms with Crippen molar-refractivity contribution < 1.29 is 14.0 Å². The van der Waals surface area contributed by atoms with E-state index in [0.717, 1.165) is 42.7 Å². The van der Waals surface area contributed by atoms with Gasteiger partial charge in [0, 0.05) is 18.4 Å². The molecule has 21 heavy (non-hydrogen) atoms. The van der Waals surface area contributed by atoms with Gasteiger partial charge in [0.1, 0.15) is 0 Å². The first kappa shape index (κ1) is 12.6. The van der Waals surface area contributed by atoms with Crippen LogP contribution < -0.4 is 15.2 Å². The summed E-state index contributed by atoms with van der Waals surface area (Å²) >= 11 is 0. The molecule has 1 aromatic carbocycles. The van der Waals surface area contributed by atoms with Crippen molar-refractivity contribution in [2.24, 2.45) is 5.73 Å². The van der Waals surface area contributed by atoms with Gasteiger partial charge in [-0.15, -0.1) is 0 Å². The van der Waals surface area contributed by atoms with Crippen molar-refractivity contribution in [3.8, 4) is 22.9 Å². The number of fused-ring (bicyclic) bond motifs is 1. The second-order valence-electron chi connectivity index (χ2n) is 5.55. The van der Waals surface area contributed by atoms with Crippen LogP contribution in [-0.2, 0) is 6.54 Å². The normalized spacial score (nSPS) is 19.1. The van der Waals surface area contributed by atoms with Gasteiger partial charge in [0.2, 0.25) is 11.7 Å². The average Bonchev–Trinajstić information content (AvgIpc) is 3.11. The Labute approximate surface area is 122 Å². The molecule has 6 heteroatoms. The van der Waals surface area contributed by atoms with Crippen molar-refractivity contribution in [2.75, 3.05) is 0 Å². The number of benzene rings is 1. The third-order valence-corrected chi connectivity index (χ3v) is 4.05. The molecule has 4 rings (SSSR count). The molecule has 2 heterocycles. The lowest BCUT2D eigenvalue weighted by Crippen LogP contribution is -2.40. The van der Waals surface area contributed by atoms with Gasteiger partial charge in [0.05, 0.1) is 6.54 Å². The van der Waals surface area contributed by atoms with Crippen molar-refractivity contribution >= 4 is 0 Å². The third-order valence-electron chi connectivity index (χ3n) is 4.05. The fourth-order valence-corrected chi connectivity index (χ4v) is 2.98. The molecule has 2 aliphatic rings. The van der Waals surface area contributed by atoms with Gasteiger partial charge < -0.3 is 19.7 Å². The van der Waals surface area contributed by atoms with Crippen LogP contribution in [-0.4, -0.2) is 15.9 Å². The number of nitrogens with two attached hydrogens (primary N) is 1. The van der Waals surface area contributed by atoms with Crippen LogP contribution in [0.4, 0.5) is 0 Å². The van der Waals surface area contributed by atoms with Crippen LogP contribution in [0.15, 0.2) is 22.7 Å². The van der Waals surface area contributed by atoms with E-state index < -0.39 is 5.79 Å². The molecule has 110 valence electrons. The number of hydrogen-bond donors (Lipinski definition) is 1. The maximum atomic E-state index is 6.10. The van der Waals surface area contributed by atoms with Crippen LogP contribution in [0.1, 0.15) is 38.0 Å². The van der Waals surface area contributed by atoms with Crippen LogP contribution in [0.25, 0.3) is 11.4 Å². The highest BCUT2D eigenvalue weighted by Crippen LogP contribution is 2.46. The molecule has 0 unspecified atom stereocenters. The fraction of sp³-hybridized carbons (Fsp3) is 0.467. The zero-order valence-electron chi connectivity index (χ0n) is 11.7. The Kier molecular flexibility index (Phi) is 2.85. The van der Waals surface area contributed by atoms with Gasteiger partial charge in [-0.1, -0.05) is 11.6 Å². The Balaban J connectivity index is 1.63. The van der Waals surface area contributed by atoms with Crippen LogP contribution in [0.5, 0.6) is 11.5 Å². The summed E-state index contributed by atoms with van der Waals surface area (Å²) in [5, 5.41) is 3.92. The standard InChI is InChI=1S/C15H17N3O3/c16-9-13-17-14(18-21-13)10-4-5-11-12(8-10)20-15(19-11)6-2-1-3-7-15/h4-5,8H,1-3,6-7,9,16H2. The van der Waals surface area contributed by atoms with E-state index in [1.165, 1.54) is 6.42 Å². The highest BCUT2D eigenvalue weighted by molar-refractivity contribution is 5.61. The van der Waals surface area contributed by atoms with Gasteiger partial charge in [0.25, 0.3) is 5.79 Å². The SMILES string of the molecule is NCc1nc(-c2ccc3c(c2)OC2(CCCCC2)O3)no1. The van der Waals surface area contributed by atoms with E-state index in [-0.39, 0.29) is 6.54 Å². The Morgan fingerprint density at radius 3 is 2.67 bits per heavy atom. The van der Waals surface area contributed by atoms with E-state index in [1.54, 1.807) is 0 Å². The summed E-state index contributed by atoms with van der Waals surface area (Å²) in [6, 6.07) is 5.73. The highest BCUT2D eigenvalue weighted by Gasteiger charge is 2.42. The molecule has 1 aliphatic heterocycles. The maximum absolute atomic E-state index is 6.10. The average molecular weight is 287 g/mol. The van der Waals surface area contributed by atoms with Gasteiger partial charge in [-0.05, 0) is 31.0 Å². The zero-order chi connectivity index (χ0) is 14.3. The lowest BCUT2D eigenvalue weighted by atomic mass is 9.94. The summed E-state index contributed by atoms with van der Waals surface area (Å²) in [5.74, 6) is 2.04. The second-order valence-corrected chi connectivity index (χ2v) is 5.55. The molecule has 1 spiro atoms. The minimum atomic E-state index is -0.459. The van der Waals surface area contributed by atoms with Gasteiger partial charge >= 0.3 is 0 Å². The summed E-state index contributed by atoms with van der Waals surface area (Å²) < 4.78 is 17.2. The molecule has 0 amide bonds. The molecule has 2 N–H and O–H groups in total. The predicted octanol–water partition coefficient (Wildman–Crippen LogP) is 2.63. The van der Waals surface area contributed by atoms with Crippen molar-refractivity contribution in [3.05, 3.63) is 24.1 Å². The molecule has 0 radical (unpaired) electrons. The first-order valence-corrected chi connectivity index (χ1v) is 7.33. The van der Waals surface area contributed by atoms with E-state index in [4.69, 9.17) is 19.7 Å². The monoisotopic (exact) mass is 287 g/mol. The smallest absolute Gasteiger partial charge is 0.251 e. The summed E-state index contributed by atoms with van der Waals surface area (Å²) in [6.45, 7) is 0.237. The number of rotatable bonds is 2. The molecular weight excluding hydrogens is 270 g/mol. The summed E-state index contributed by atoms with van der Waals surface area (Å²) in [7, 11) is 0. The van der Waals surface area contributed by atoms with Crippen molar-refractivity contribution in [3.63, 3.8) is 0 Å². The van der Waals surface area contributed by atoms with Crippen molar-refractivity contribution in [1.82, 2.24) is 10.1 Å². The Morgan fingerprint density at radius 2 is 1.90 bits per heavy atom. The number of aromatic nitrogens is 2. The van der Waals surface area contributed by atoms with Gasteiger partial charge in [-0.3, -0.25) is 0 Å². The minimum Gasteiger partial charge on any atom is -0.448 e. The molecule has 6 nitrogen and oxygen atoms in total. The molecule has 0 bridgehead atoms. The first-order chi connectivity index (χ1) is 10.3. The van der Waals surface area contributed by atoms with E-state index in [1.807, 2.05) is 18.2 Å². The van der Waals surface area contributed by atoms with Gasteiger partial charge in [0.15, 0.2) is 11.5 Å². The summed E-state index contributed by atoms with van der Waals surface area (Å²) in [6.07, 6.45) is 5.42. The molecule has 1 aliphatic carbocycles. The number of ether oxygens (including phenoxy) is 2. The van der Waals surface area contributed by atoms with Crippen molar-refractivity contribution in [2.45, 2.75) is 44.4 Å². The van der Waals surface area contributed by atoms with Gasteiger partial charge in [-0.2, -0.15) is 4.98 Å². The fourth-order valence-electron chi connectivity index (χ4n) is 2.98. The van der Waals surface area contributed by atoms with Crippen LogP contribution in [0.3, 0.4) is 0 Å². The van der Waals surface area contributed by atoms with Crippen LogP contribution >= 0.6 is 0 Å². The Hall–Kier alpha value is -2.08. The molecule has 1 aromatic heterocycles. The third kappa shape index (κ3) is 2.15. The van der Waals surface area contributed by atoms with E-state index in [9.17, 15) is 0 Å². The van der Waals surface area contributed by atoms with E-state index >= 15 is 0 Å². The van der Waals surface area contributed by atoms with Crippen LogP contribution in [0.2, 0.25) is 0 Å². The first-order valence-electron chi connectivity index (χ1n) is 7.33. The molecule has 2 aromatic rings. The number of nitrogens with zero attached hydrogens (tertiary/aromatic N) is 2. The zero-order valence-corrected chi connectivity index (χ0v) is 11.7. The molecule has 0 atom stereocenters. The van der Waals surface area contributed by atoms with E-state index in [2.05, 4.69) is 10.1 Å². The molecule has 1 fully saturated rings. The lowest BCUT2D eigenvalue weighted by molar-refractivity contribution is -0.105. The predicted molar refractivity (Wildman–Crippen MR) is 74.7 cm³/mol. The Bertz CT molecular complexity index is 662. The Morgan fingerprint density at radius 1 is 1.10 bits per heavy atom. The van der Waals surface area contributed by atoms with E-state index in [0.29, 0.717) is 11.7 Å². The largest absolute Gasteiger partial charge is 0.448 e. The minimum absolute atomic E-state index is 0.237. The van der Waals surface area contributed by atoms with Gasteiger partial charge in [-0.25, -0.2) is 0 Å². The molecule has 1 saturated carbocycles.